The quantitative estimate of drug-likeness (QED) is 0.555. The van der Waals surface area contributed by atoms with Crippen molar-refractivity contribution in [3.05, 3.63) is 47.5 Å². The van der Waals surface area contributed by atoms with Gasteiger partial charge >= 0.3 is 0 Å². The summed E-state index contributed by atoms with van der Waals surface area (Å²) in [6.45, 7) is 6.88. The van der Waals surface area contributed by atoms with E-state index in [1.807, 2.05) is 6.92 Å². The molecule has 1 rings (SSSR count). The van der Waals surface area contributed by atoms with Crippen molar-refractivity contribution in [2.24, 2.45) is 0 Å². The monoisotopic (exact) mass is 202 g/mol. The molecule has 0 saturated carbocycles. The number of Topliss-reactive ketones (excluding diaryl/α,β-unsaturated/α-hetero) is 2. The van der Waals surface area contributed by atoms with Crippen molar-refractivity contribution >= 4 is 11.6 Å². The first kappa shape index (κ1) is 11.4. The molecule has 0 saturated heterocycles. The van der Waals surface area contributed by atoms with E-state index in [0.29, 0.717) is 17.5 Å². The van der Waals surface area contributed by atoms with Gasteiger partial charge in [-0.25, -0.2) is 0 Å². The molecule has 0 fully saturated rings. The van der Waals surface area contributed by atoms with E-state index in [1.165, 1.54) is 6.92 Å². The van der Waals surface area contributed by atoms with Crippen molar-refractivity contribution in [2.75, 3.05) is 0 Å². The number of ketones is 2. The Balaban J connectivity index is 3.08. The standard InChI is InChI=1S/C13H14O2/c1-4-5-13(15)12-7-6-11(10(3)14)8-9(12)2/h4,6-8H,1,5H2,2-3H3. The molecular formula is C13H14O2. The Morgan fingerprint density at radius 2 is 2.07 bits per heavy atom. The van der Waals surface area contributed by atoms with E-state index >= 15 is 0 Å². The second-order valence-electron chi connectivity index (χ2n) is 3.50. The van der Waals surface area contributed by atoms with Gasteiger partial charge in [-0.2, -0.15) is 0 Å². The van der Waals surface area contributed by atoms with E-state index in [-0.39, 0.29) is 11.6 Å². The van der Waals surface area contributed by atoms with Crippen LogP contribution in [-0.2, 0) is 0 Å². The second-order valence-corrected chi connectivity index (χ2v) is 3.50. The van der Waals surface area contributed by atoms with Gasteiger partial charge in [-0.3, -0.25) is 9.59 Å². The third-order valence-corrected chi connectivity index (χ3v) is 2.26. The largest absolute Gasteiger partial charge is 0.295 e. The summed E-state index contributed by atoms with van der Waals surface area (Å²) in [7, 11) is 0. The molecule has 15 heavy (non-hydrogen) atoms. The Kier molecular flexibility index (Phi) is 3.56. The van der Waals surface area contributed by atoms with Gasteiger partial charge in [0.1, 0.15) is 0 Å². The number of aryl methyl sites for hydroxylation is 1. The minimum absolute atomic E-state index is 0.0146. The smallest absolute Gasteiger partial charge is 0.166 e. The SMILES string of the molecule is C=CCC(=O)c1ccc(C(C)=O)cc1C. The lowest BCUT2D eigenvalue weighted by atomic mass is 9.99. The third kappa shape index (κ3) is 2.62. The van der Waals surface area contributed by atoms with Crippen LogP contribution in [0.1, 0.15) is 39.6 Å². The summed E-state index contributed by atoms with van der Waals surface area (Å²) in [5, 5.41) is 0. The van der Waals surface area contributed by atoms with Crippen LogP contribution in [0.5, 0.6) is 0 Å². The molecule has 0 aliphatic rings. The number of carbonyl (C=O) groups excluding carboxylic acids is 2. The van der Waals surface area contributed by atoms with Crippen molar-refractivity contribution in [1.82, 2.24) is 0 Å². The van der Waals surface area contributed by atoms with Gasteiger partial charge in [0.05, 0.1) is 0 Å². The highest BCUT2D eigenvalue weighted by Gasteiger charge is 2.08. The maximum absolute atomic E-state index is 11.6. The maximum atomic E-state index is 11.6. The first-order valence-electron chi connectivity index (χ1n) is 4.82. The van der Waals surface area contributed by atoms with Crippen LogP contribution < -0.4 is 0 Å². The van der Waals surface area contributed by atoms with Crippen molar-refractivity contribution in [3.8, 4) is 0 Å². The van der Waals surface area contributed by atoms with E-state index in [9.17, 15) is 9.59 Å². The molecule has 1 aromatic carbocycles. The maximum Gasteiger partial charge on any atom is 0.166 e. The molecule has 2 nitrogen and oxygen atoms in total. The molecule has 0 aromatic heterocycles. The Hall–Kier alpha value is -1.70. The molecule has 0 aliphatic heterocycles. The fraction of sp³-hybridized carbons (Fsp3) is 0.231. The average molecular weight is 202 g/mol. The highest BCUT2D eigenvalue weighted by atomic mass is 16.1. The molecule has 0 radical (unpaired) electrons. The summed E-state index contributed by atoms with van der Waals surface area (Å²) in [4.78, 5) is 22.7. The zero-order chi connectivity index (χ0) is 11.4. The molecule has 0 heterocycles. The lowest BCUT2D eigenvalue weighted by Crippen LogP contribution is -2.02. The first-order chi connectivity index (χ1) is 7.06. The zero-order valence-corrected chi connectivity index (χ0v) is 9.04. The number of allylic oxidation sites excluding steroid dienone is 1. The number of hydrogen-bond acceptors (Lipinski definition) is 2. The summed E-state index contributed by atoms with van der Waals surface area (Å²) in [6.07, 6.45) is 1.92. The summed E-state index contributed by atoms with van der Waals surface area (Å²) in [6, 6.07) is 5.14. The summed E-state index contributed by atoms with van der Waals surface area (Å²) in [5.74, 6) is 0.0541. The molecule has 1 aromatic rings. The molecule has 0 amide bonds. The van der Waals surface area contributed by atoms with Gasteiger partial charge in [-0.1, -0.05) is 18.2 Å². The number of hydrogen-bond donors (Lipinski definition) is 0. The predicted molar refractivity (Wildman–Crippen MR) is 60.3 cm³/mol. The molecule has 0 atom stereocenters. The molecule has 78 valence electrons. The predicted octanol–water partition coefficient (Wildman–Crippen LogP) is 2.96. The molecule has 0 spiro atoms. The van der Waals surface area contributed by atoms with Gasteiger partial charge in [-0.05, 0) is 25.5 Å². The zero-order valence-electron chi connectivity index (χ0n) is 9.04. The Bertz CT molecular complexity index is 417. The van der Waals surface area contributed by atoms with Crippen LogP contribution in [0.4, 0.5) is 0 Å². The van der Waals surface area contributed by atoms with E-state index < -0.39 is 0 Å². The van der Waals surface area contributed by atoms with Gasteiger partial charge in [0.15, 0.2) is 11.6 Å². The van der Waals surface area contributed by atoms with Crippen molar-refractivity contribution in [1.29, 1.82) is 0 Å². The van der Waals surface area contributed by atoms with Crippen molar-refractivity contribution < 1.29 is 9.59 Å². The summed E-state index contributed by atoms with van der Waals surface area (Å²) < 4.78 is 0. The van der Waals surface area contributed by atoms with Crippen molar-refractivity contribution in [2.45, 2.75) is 20.3 Å². The Morgan fingerprint density at radius 1 is 1.40 bits per heavy atom. The summed E-state index contributed by atoms with van der Waals surface area (Å²) in [5.41, 5.74) is 2.15. The van der Waals surface area contributed by atoms with Gasteiger partial charge in [0.2, 0.25) is 0 Å². The summed E-state index contributed by atoms with van der Waals surface area (Å²) >= 11 is 0. The second kappa shape index (κ2) is 4.69. The van der Waals surface area contributed by atoms with Gasteiger partial charge in [0, 0.05) is 17.5 Å². The van der Waals surface area contributed by atoms with Crippen LogP contribution in [-0.4, -0.2) is 11.6 Å². The average Bonchev–Trinajstić information content (AvgIpc) is 2.17. The van der Waals surface area contributed by atoms with Crippen LogP contribution in [0.3, 0.4) is 0 Å². The van der Waals surface area contributed by atoms with Crippen LogP contribution >= 0.6 is 0 Å². The molecule has 0 unspecified atom stereocenters. The normalized spacial score (nSPS) is 9.73. The van der Waals surface area contributed by atoms with Crippen LogP contribution in [0, 0.1) is 6.92 Å². The van der Waals surface area contributed by atoms with Crippen LogP contribution in [0.15, 0.2) is 30.9 Å². The Morgan fingerprint density at radius 3 is 2.53 bits per heavy atom. The first-order valence-corrected chi connectivity index (χ1v) is 4.82. The van der Waals surface area contributed by atoms with Gasteiger partial charge in [-0.15, -0.1) is 6.58 Å². The third-order valence-electron chi connectivity index (χ3n) is 2.26. The highest BCUT2D eigenvalue weighted by molar-refractivity contribution is 6.00. The Labute approximate surface area is 89.6 Å². The van der Waals surface area contributed by atoms with E-state index in [4.69, 9.17) is 0 Å². The molecule has 0 N–H and O–H groups in total. The van der Waals surface area contributed by atoms with E-state index in [2.05, 4.69) is 6.58 Å². The number of carbonyl (C=O) groups is 2. The fourth-order valence-electron chi connectivity index (χ4n) is 1.44. The number of benzene rings is 1. The molecule has 2 heteroatoms. The topological polar surface area (TPSA) is 34.1 Å². The highest BCUT2D eigenvalue weighted by Crippen LogP contribution is 2.13. The van der Waals surface area contributed by atoms with E-state index in [0.717, 1.165) is 5.56 Å². The fourth-order valence-corrected chi connectivity index (χ4v) is 1.44. The number of rotatable bonds is 4. The molecular weight excluding hydrogens is 188 g/mol. The van der Waals surface area contributed by atoms with Crippen molar-refractivity contribution in [3.63, 3.8) is 0 Å². The molecule has 0 aliphatic carbocycles. The molecule has 0 bridgehead atoms. The minimum atomic E-state index is 0.0146. The van der Waals surface area contributed by atoms with Gasteiger partial charge in [0.25, 0.3) is 0 Å². The lowest BCUT2D eigenvalue weighted by molar-refractivity contribution is 0.0989. The minimum Gasteiger partial charge on any atom is -0.295 e. The van der Waals surface area contributed by atoms with Crippen LogP contribution in [0.2, 0.25) is 0 Å². The van der Waals surface area contributed by atoms with Crippen LogP contribution in [0.25, 0.3) is 0 Å². The van der Waals surface area contributed by atoms with E-state index in [1.54, 1.807) is 24.3 Å². The van der Waals surface area contributed by atoms with Gasteiger partial charge < -0.3 is 0 Å². The lowest BCUT2D eigenvalue weighted by Gasteiger charge is -2.04.